The molecule has 2 saturated heterocycles. The summed E-state index contributed by atoms with van der Waals surface area (Å²) in [4.78, 5) is 29.9. The first-order valence-electron chi connectivity index (χ1n) is 13.0. The molecule has 5 atom stereocenters. The van der Waals surface area contributed by atoms with Crippen molar-refractivity contribution in [3.63, 3.8) is 0 Å². The van der Waals surface area contributed by atoms with Crippen LogP contribution in [0.25, 0.3) is 0 Å². The summed E-state index contributed by atoms with van der Waals surface area (Å²) >= 11 is 0. The number of rotatable bonds is 9. The van der Waals surface area contributed by atoms with E-state index in [9.17, 15) is 9.59 Å². The smallest absolute Gasteiger partial charge is 0.242 e. The van der Waals surface area contributed by atoms with Crippen LogP contribution in [0.1, 0.15) is 72.1 Å². The van der Waals surface area contributed by atoms with Crippen LogP contribution in [0.4, 0.5) is 0 Å². The summed E-state index contributed by atoms with van der Waals surface area (Å²) < 4.78 is 5.92. The number of likely N-dealkylation sites (tertiary alicyclic amines) is 1. The molecule has 3 N–H and O–H groups in total. The van der Waals surface area contributed by atoms with Gasteiger partial charge in [-0.2, -0.15) is 0 Å². The van der Waals surface area contributed by atoms with Gasteiger partial charge < -0.3 is 20.7 Å². The minimum Gasteiger partial charge on any atom is -0.377 e. The van der Waals surface area contributed by atoms with Crippen molar-refractivity contribution in [3.8, 4) is 0 Å². The molecular weight excluding hydrogens is 404 g/mol. The maximum absolute atomic E-state index is 13.3. The Balaban J connectivity index is 1.61. The summed E-state index contributed by atoms with van der Waals surface area (Å²) in [5.74, 6) is 1.65. The molecule has 32 heavy (non-hydrogen) atoms. The molecule has 2 heterocycles. The number of nitrogens with two attached hydrogens (primary N) is 1. The molecule has 3 fully saturated rings. The van der Waals surface area contributed by atoms with Gasteiger partial charge in [-0.1, -0.05) is 20.3 Å². The van der Waals surface area contributed by atoms with Gasteiger partial charge in [0.15, 0.2) is 0 Å². The number of hydrogen-bond donors (Lipinski definition) is 2. The maximum Gasteiger partial charge on any atom is 0.242 e. The second-order valence-electron chi connectivity index (χ2n) is 10.8. The number of nitrogens with one attached hydrogen (secondary N) is 1. The lowest BCUT2D eigenvalue weighted by Crippen LogP contribution is -2.58. The molecule has 7 heteroatoms. The van der Waals surface area contributed by atoms with Gasteiger partial charge in [-0.05, 0) is 69.2 Å². The lowest BCUT2D eigenvalue weighted by atomic mass is 9.81. The normalized spacial score (nSPS) is 31.3. The van der Waals surface area contributed by atoms with E-state index in [1.54, 1.807) is 11.8 Å². The number of ether oxygens (including phenoxy) is 1. The van der Waals surface area contributed by atoms with Crippen LogP contribution < -0.4 is 11.1 Å². The quantitative estimate of drug-likeness (QED) is 0.563. The van der Waals surface area contributed by atoms with E-state index in [0.717, 1.165) is 58.3 Å². The number of amides is 2. The van der Waals surface area contributed by atoms with Crippen LogP contribution in [-0.4, -0.2) is 79.1 Å². The number of piperidine rings is 1. The van der Waals surface area contributed by atoms with Crippen molar-refractivity contribution >= 4 is 11.8 Å². The standard InChI is InChI=1S/C25H46N4O3/c1-18(2)16-28(17-23-8-5-11-32-23)22-9-10-29(19(3)30)24(13-22)25(31)27-15-21-7-4-6-20(12-21)14-26/h18,20-24H,4-17,26H2,1-3H3,(H,27,31)/t20?,21?,22?,23?,24-/m1/s1. The first-order valence-corrected chi connectivity index (χ1v) is 13.0. The Morgan fingerprint density at radius 2 is 1.91 bits per heavy atom. The lowest BCUT2D eigenvalue weighted by Gasteiger charge is -2.43. The zero-order valence-electron chi connectivity index (χ0n) is 20.6. The van der Waals surface area contributed by atoms with Crippen LogP contribution in [0.15, 0.2) is 0 Å². The second kappa shape index (κ2) is 12.3. The fraction of sp³-hybridized carbons (Fsp3) is 0.920. The van der Waals surface area contributed by atoms with Gasteiger partial charge in [0, 0.05) is 45.8 Å². The van der Waals surface area contributed by atoms with Crippen LogP contribution in [-0.2, 0) is 14.3 Å². The van der Waals surface area contributed by atoms with Gasteiger partial charge in [0.25, 0.3) is 0 Å². The third-order valence-corrected chi connectivity index (χ3v) is 7.65. The minimum atomic E-state index is -0.376. The van der Waals surface area contributed by atoms with E-state index in [-0.39, 0.29) is 17.9 Å². The third-order valence-electron chi connectivity index (χ3n) is 7.65. The summed E-state index contributed by atoms with van der Waals surface area (Å²) in [7, 11) is 0. The van der Waals surface area contributed by atoms with Gasteiger partial charge in [0.1, 0.15) is 6.04 Å². The molecule has 4 unspecified atom stereocenters. The molecular formula is C25H46N4O3. The van der Waals surface area contributed by atoms with Gasteiger partial charge >= 0.3 is 0 Å². The average Bonchev–Trinajstić information content (AvgIpc) is 3.29. The highest BCUT2D eigenvalue weighted by molar-refractivity contribution is 5.87. The van der Waals surface area contributed by atoms with Crippen LogP contribution in [0.3, 0.4) is 0 Å². The molecule has 0 aromatic heterocycles. The highest BCUT2D eigenvalue weighted by atomic mass is 16.5. The number of carbonyl (C=O) groups is 2. The Kier molecular flexibility index (Phi) is 9.80. The molecule has 184 valence electrons. The van der Waals surface area contributed by atoms with Crippen molar-refractivity contribution in [2.45, 2.75) is 90.3 Å². The van der Waals surface area contributed by atoms with Crippen LogP contribution >= 0.6 is 0 Å². The van der Waals surface area contributed by atoms with E-state index >= 15 is 0 Å². The minimum absolute atomic E-state index is 0.000928. The number of hydrogen-bond acceptors (Lipinski definition) is 5. The number of nitrogens with zero attached hydrogens (tertiary/aromatic N) is 2. The Morgan fingerprint density at radius 1 is 1.12 bits per heavy atom. The van der Waals surface area contributed by atoms with Gasteiger partial charge in [0.2, 0.25) is 11.8 Å². The van der Waals surface area contributed by atoms with Crippen molar-refractivity contribution < 1.29 is 14.3 Å². The topological polar surface area (TPSA) is 87.9 Å². The Bertz CT molecular complexity index is 608. The number of carbonyl (C=O) groups excluding carboxylic acids is 2. The highest BCUT2D eigenvalue weighted by Gasteiger charge is 2.38. The third kappa shape index (κ3) is 7.16. The van der Waals surface area contributed by atoms with Crippen molar-refractivity contribution in [2.24, 2.45) is 23.5 Å². The van der Waals surface area contributed by atoms with Gasteiger partial charge in [-0.3, -0.25) is 14.5 Å². The molecule has 2 aliphatic heterocycles. The second-order valence-corrected chi connectivity index (χ2v) is 10.8. The first-order chi connectivity index (χ1) is 15.4. The van der Waals surface area contributed by atoms with Crippen molar-refractivity contribution in [2.75, 3.05) is 39.3 Å². The maximum atomic E-state index is 13.3. The molecule has 3 rings (SSSR count). The van der Waals surface area contributed by atoms with Crippen LogP contribution in [0.5, 0.6) is 0 Å². The summed E-state index contributed by atoms with van der Waals surface area (Å²) in [6, 6.07) is -0.0662. The summed E-state index contributed by atoms with van der Waals surface area (Å²) in [5, 5.41) is 3.21. The van der Waals surface area contributed by atoms with Gasteiger partial charge in [-0.15, -0.1) is 0 Å². The van der Waals surface area contributed by atoms with E-state index in [1.165, 1.54) is 12.8 Å². The zero-order valence-corrected chi connectivity index (χ0v) is 20.6. The summed E-state index contributed by atoms with van der Waals surface area (Å²) in [5.41, 5.74) is 5.88. The molecule has 2 amide bonds. The predicted octanol–water partition coefficient (Wildman–Crippen LogP) is 2.38. The molecule has 0 radical (unpaired) electrons. The molecule has 0 aromatic carbocycles. The Hall–Kier alpha value is -1.18. The monoisotopic (exact) mass is 450 g/mol. The molecule has 0 spiro atoms. The lowest BCUT2D eigenvalue weighted by molar-refractivity contribution is -0.142. The molecule has 1 aliphatic carbocycles. The van der Waals surface area contributed by atoms with E-state index in [4.69, 9.17) is 10.5 Å². The van der Waals surface area contributed by atoms with Crippen LogP contribution in [0.2, 0.25) is 0 Å². The SMILES string of the molecule is CC(=O)N1CCC(N(CC(C)C)CC2CCCO2)C[C@@H]1C(=O)NCC1CCCC(CN)C1. The fourth-order valence-corrected chi connectivity index (χ4v) is 5.96. The molecule has 1 saturated carbocycles. The predicted molar refractivity (Wildman–Crippen MR) is 127 cm³/mol. The van der Waals surface area contributed by atoms with Crippen molar-refractivity contribution in [1.29, 1.82) is 0 Å². The van der Waals surface area contributed by atoms with Gasteiger partial charge in [0.05, 0.1) is 6.10 Å². The average molecular weight is 451 g/mol. The Morgan fingerprint density at radius 3 is 2.56 bits per heavy atom. The van der Waals surface area contributed by atoms with Crippen molar-refractivity contribution in [3.05, 3.63) is 0 Å². The van der Waals surface area contributed by atoms with E-state index < -0.39 is 0 Å². The largest absolute Gasteiger partial charge is 0.377 e. The fourth-order valence-electron chi connectivity index (χ4n) is 5.96. The zero-order chi connectivity index (χ0) is 23.1. The van der Waals surface area contributed by atoms with E-state index in [2.05, 4.69) is 24.1 Å². The van der Waals surface area contributed by atoms with Crippen LogP contribution in [0, 0.1) is 17.8 Å². The first kappa shape index (κ1) is 25.4. The summed E-state index contributed by atoms with van der Waals surface area (Å²) in [6.45, 7) is 11.0. The molecule has 0 bridgehead atoms. The molecule has 7 nitrogen and oxygen atoms in total. The highest BCUT2D eigenvalue weighted by Crippen LogP contribution is 2.29. The van der Waals surface area contributed by atoms with Gasteiger partial charge in [-0.25, -0.2) is 0 Å². The summed E-state index contributed by atoms with van der Waals surface area (Å²) in [6.07, 6.45) is 8.85. The van der Waals surface area contributed by atoms with E-state index in [0.29, 0.717) is 49.4 Å². The molecule has 0 aromatic rings. The van der Waals surface area contributed by atoms with Crippen molar-refractivity contribution in [1.82, 2.24) is 15.1 Å². The van der Waals surface area contributed by atoms with E-state index in [1.807, 2.05) is 0 Å². The molecule has 3 aliphatic rings. The Labute approximate surface area is 194 Å².